The maximum Gasteiger partial charge on any atom is 0.336 e. The summed E-state index contributed by atoms with van der Waals surface area (Å²) in [5, 5.41) is 1.83. The number of rotatable bonds is 3. The van der Waals surface area contributed by atoms with E-state index in [4.69, 9.17) is 4.42 Å². The summed E-state index contributed by atoms with van der Waals surface area (Å²) in [5.74, 6) is 0. The highest BCUT2D eigenvalue weighted by atomic mass is 32.2. The summed E-state index contributed by atoms with van der Waals surface area (Å²) in [6.07, 6.45) is 0. The third-order valence-electron chi connectivity index (χ3n) is 3.03. The van der Waals surface area contributed by atoms with E-state index >= 15 is 0 Å². The number of aryl methyl sites for hydroxylation is 2. The molecule has 0 aliphatic carbocycles. The Kier molecular flexibility index (Phi) is 3.50. The average molecular weight is 336 g/mol. The molecule has 3 rings (SSSR count). The van der Waals surface area contributed by atoms with E-state index in [0.717, 1.165) is 5.01 Å². The highest BCUT2D eigenvalue weighted by Crippen LogP contribution is 2.27. The van der Waals surface area contributed by atoms with Crippen LogP contribution in [0, 0.1) is 13.8 Å². The summed E-state index contributed by atoms with van der Waals surface area (Å²) in [6.45, 7) is 3.56. The average Bonchev–Trinajstić information content (AvgIpc) is 2.75. The Labute approximate surface area is 130 Å². The van der Waals surface area contributed by atoms with Crippen LogP contribution in [0.2, 0.25) is 0 Å². The molecule has 0 radical (unpaired) electrons. The van der Waals surface area contributed by atoms with E-state index in [9.17, 15) is 13.2 Å². The molecule has 0 saturated carbocycles. The first-order valence-corrected chi connectivity index (χ1v) is 8.66. The number of thiazole rings is 1. The zero-order valence-corrected chi connectivity index (χ0v) is 13.4. The van der Waals surface area contributed by atoms with Crippen LogP contribution in [0.3, 0.4) is 0 Å². The highest BCUT2D eigenvalue weighted by molar-refractivity contribution is 7.93. The number of nitrogens with one attached hydrogen (secondary N) is 1. The van der Waals surface area contributed by atoms with Gasteiger partial charge in [-0.15, -0.1) is 11.3 Å². The first kappa shape index (κ1) is 14.7. The molecule has 6 nitrogen and oxygen atoms in total. The second-order valence-electron chi connectivity index (χ2n) is 4.71. The minimum Gasteiger partial charge on any atom is -0.423 e. The van der Waals surface area contributed by atoms with Gasteiger partial charge in [0.1, 0.15) is 10.6 Å². The number of fused-ring (bicyclic) bond motifs is 1. The van der Waals surface area contributed by atoms with Crippen LogP contribution in [-0.2, 0) is 10.0 Å². The number of sulfonamides is 1. The molecular formula is C14H12N2O4S2. The molecule has 0 aliphatic heterocycles. The van der Waals surface area contributed by atoms with E-state index in [1.807, 2.05) is 6.92 Å². The van der Waals surface area contributed by atoms with E-state index < -0.39 is 15.6 Å². The summed E-state index contributed by atoms with van der Waals surface area (Å²) < 4.78 is 32.4. The lowest BCUT2D eigenvalue weighted by atomic mass is 10.2. The Morgan fingerprint density at radius 1 is 1.18 bits per heavy atom. The van der Waals surface area contributed by atoms with Crippen molar-refractivity contribution in [3.05, 3.63) is 51.5 Å². The van der Waals surface area contributed by atoms with Gasteiger partial charge in [-0.25, -0.2) is 18.2 Å². The molecule has 1 aromatic carbocycles. The van der Waals surface area contributed by atoms with Crippen molar-refractivity contribution < 1.29 is 12.8 Å². The summed E-state index contributed by atoms with van der Waals surface area (Å²) >= 11 is 1.28. The zero-order chi connectivity index (χ0) is 15.9. The fourth-order valence-corrected chi connectivity index (χ4v) is 4.23. The molecule has 2 aromatic heterocycles. The molecule has 0 atom stereocenters. The summed E-state index contributed by atoms with van der Waals surface area (Å²) in [6, 6.07) is 7.11. The number of hydrogen-bond acceptors (Lipinski definition) is 6. The molecule has 0 aliphatic rings. The molecule has 0 bridgehead atoms. The van der Waals surface area contributed by atoms with Gasteiger partial charge in [-0.2, -0.15) is 0 Å². The van der Waals surface area contributed by atoms with Gasteiger partial charge in [0.15, 0.2) is 0 Å². The topological polar surface area (TPSA) is 89.3 Å². The fourth-order valence-electron chi connectivity index (χ4n) is 2.02. The molecule has 0 amide bonds. The van der Waals surface area contributed by atoms with Crippen molar-refractivity contribution >= 4 is 37.3 Å². The molecule has 0 fully saturated rings. The normalized spacial score (nSPS) is 11.7. The predicted molar refractivity (Wildman–Crippen MR) is 84.9 cm³/mol. The van der Waals surface area contributed by atoms with Gasteiger partial charge in [-0.3, -0.25) is 4.72 Å². The van der Waals surface area contributed by atoms with Gasteiger partial charge >= 0.3 is 5.63 Å². The lowest BCUT2D eigenvalue weighted by Gasteiger charge is -2.07. The van der Waals surface area contributed by atoms with Crippen molar-refractivity contribution in [3.63, 3.8) is 0 Å². The Morgan fingerprint density at radius 2 is 1.95 bits per heavy atom. The van der Waals surface area contributed by atoms with Crippen molar-refractivity contribution in [1.29, 1.82) is 0 Å². The van der Waals surface area contributed by atoms with E-state index in [1.165, 1.54) is 41.7 Å². The maximum absolute atomic E-state index is 12.4. The molecule has 0 spiro atoms. The smallest absolute Gasteiger partial charge is 0.336 e. The highest BCUT2D eigenvalue weighted by Gasteiger charge is 2.18. The molecule has 22 heavy (non-hydrogen) atoms. The third kappa shape index (κ3) is 2.75. The minimum absolute atomic E-state index is 0.0966. The third-order valence-corrected chi connectivity index (χ3v) is 5.50. The largest absolute Gasteiger partial charge is 0.423 e. The van der Waals surface area contributed by atoms with Gasteiger partial charge < -0.3 is 4.42 Å². The van der Waals surface area contributed by atoms with Crippen LogP contribution in [0.15, 0.2) is 44.4 Å². The minimum atomic E-state index is -3.72. The number of hydrogen-bond donors (Lipinski definition) is 1. The Balaban J connectivity index is 2.03. The first-order valence-electron chi connectivity index (χ1n) is 6.36. The van der Waals surface area contributed by atoms with Gasteiger partial charge in [0.05, 0.1) is 15.6 Å². The molecule has 0 unspecified atom stereocenters. The van der Waals surface area contributed by atoms with Crippen LogP contribution in [0.1, 0.15) is 10.7 Å². The van der Waals surface area contributed by atoms with Crippen LogP contribution in [0.5, 0.6) is 0 Å². The molecule has 114 valence electrons. The van der Waals surface area contributed by atoms with E-state index in [-0.39, 0.29) is 4.90 Å². The molecule has 1 N–H and O–H groups in total. The van der Waals surface area contributed by atoms with Gasteiger partial charge in [-0.05, 0) is 38.1 Å². The second kappa shape index (κ2) is 5.22. The van der Waals surface area contributed by atoms with E-state index in [0.29, 0.717) is 21.7 Å². The van der Waals surface area contributed by atoms with E-state index in [2.05, 4.69) is 9.71 Å². The van der Waals surface area contributed by atoms with Gasteiger partial charge in [0.2, 0.25) is 0 Å². The number of anilines is 1. The van der Waals surface area contributed by atoms with Crippen molar-refractivity contribution in [1.82, 2.24) is 4.98 Å². The van der Waals surface area contributed by atoms with Crippen molar-refractivity contribution in [2.24, 2.45) is 0 Å². The SMILES string of the molecule is Cc1nc(C)c(NS(=O)(=O)c2ccc3oc(=O)ccc3c2)s1. The first-order chi connectivity index (χ1) is 10.3. The van der Waals surface area contributed by atoms with Crippen molar-refractivity contribution in [2.45, 2.75) is 18.7 Å². The molecular weight excluding hydrogens is 324 g/mol. The Bertz CT molecular complexity index is 1020. The van der Waals surface area contributed by atoms with Gasteiger partial charge in [-0.1, -0.05) is 0 Å². The zero-order valence-electron chi connectivity index (χ0n) is 11.8. The lowest BCUT2D eigenvalue weighted by molar-refractivity contribution is 0.560. The van der Waals surface area contributed by atoms with Crippen LogP contribution in [-0.4, -0.2) is 13.4 Å². The second-order valence-corrected chi connectivity index (χ2v) is 7.59. The molecule has 0 saturated heterocycles. The molecule has 2 heterocycles. The van der Waals surface area contributed by atoms with Crippen LogP contribution in [0.25, 0.3) is 11.0 Å². The van der Waals surface area contributed by atoms with Gasteiger partial charge in [0.25, 0.3) is 10.0 Å². The Morgan fingerprint density at radius 3 is 2.64 bits per heavy atom. The van der Waals surface area contributed by atoms with Crippen LogP contribution in [0.4, 0.5) is 5.00 Å². The number of nitrogens with zero attached hydrogens (tertiary/aromatic N) is 1. The summed E-state index contributed by atoms with van der Waals surface area (Å²) in [7, 11) is -3.72. The monoisotopic (exact) mass is 336 g/mol. The molecule has 8 heteroatoms. The van der Waals surface area contributed by atoms with Crippen LogP contribution >= 0.6 is 11.3 Å². The summed E-state index contributed by atoms with van der Waals surface area (Å²) in [5.41, 5.74) is 0.506. The predicted octanol–water partition coefficient (Wildman–Crippen LogP) is 2.67. The van der Waals surface area contributed by atoms with E-state index in [1.54, 1.807) is 6.92 Å². The lowest BCUT2D eigenvalue weighted by Crippen LogP contribution is -2.12. The van der Waals surface area contributed by atoms with Crippen molar-refractivity contribution in [2.75, 3.05) is 4.72 Å². The molecule has 3 aromatic rings. The number of aromatic nitrogens is 1. The standard InChI is InChI=1S/C14H12N2O4S2/c1-8-14(21-9(2)15-8)16-22(18,19)11-4-5-12-10(7-11)3-6-13(17)20-12/h3-7,16H,1-2H3. The fraction of sp³-hybridized carbons (Fsp3) is 0.143. The maximum atomic E-state index is 12.4. The summed E-state index contributed by atoms with van der Waals surface area (Å²) in [4.78, 5) is 15.4. The Hall–Kier alpha value is -2.19. The quantitative estimate of drug-likeness (QED) is 0.743. The number of benzene rings is 1. The van der Waals surface area contributed by atoms with Gasteiger partial charge in [0, 0.05) is 11.5 Å². The van der Waals surface area contributed by atoms with Crippen LogP contribution < -0.4 is 10.3 Å². The van der Waals surface area contributed by atoms with Crippen molar-refractivity contribution in [3.8, 4) is 0 Å².